The molecular formula is C18H15N5O. The van der Waals surface area contributed by atoms with E-state index in [1.807, 2.05) is 54.6 Å². The van der Waals surface area contributed by atoms with Gasteiger partial charge in [0.05, 0.1) is 12.8 Å². The molecule has 4 N–H and O–H groups in total. The summed E-state index contributed by atoms with van der Waals surface area (Å²) in [7, 11) is 1.63. The molecule has 0 atom stereocenters. The van der Waals surface area contributed by atoms with E-state index in [4.69, 9.17) is 16.2 Å². The smallest absolute Gasteiger partial charge is 0.222 e. The van der Waals surface area contributed by atoms with Crippen LogP contribution in [0.2, 0.25) is 0 Å². The van der Waals surface area contributed by atoms with Crippen molar-refractivity contribution in [1.29, 1.82) is 5.26 Å². The maximum atomic E-state index is 9.33. The standard InChI is InChI=1S/C18H15N5O/c1-24-14-7-5-11(6-8-14)12-3-2-4-13(9-12)16-15(10-19)17(20)23-18(21)22-16/h2-9H,1H3,(H4,20,21,22,23). The molecule has 0 unspecified atom stereocenters. The largest absolute Gasteiger partial charge is 0.497 e. The maximum absolute atomic E-state index is 9.33. The minimum Gasteiger partial charge on any atom is -0.497 e. The van der Waals surface area contributed by atoms with Crippen molar-refractivity contribution in [2.45, 2.75) is 0 Å². The average molecular weight is 317 g/mol. The summed E-state index contributed by atoms with van der Waals surface area (Å²) in [6, 6.07) is 17.4. The topological polar surface area (TPSA) is 111 Å². The fourth-order valence-electron chi connectivity index (χ4n) is 2.44. The normalized spacial score (nSPS) is 10.2. The predicted molar refractivity (Wildman–Crippen MR) is 93.0 cm³/mol. The number of anilines is 2. The summed E-state index contributed by atoms with van der Waals surface area (Å²) in [6.07, 6.45) is 0. The molecule has 0 saturated heterocycles. The molecule has 3 aromatic rings. The summed E-state index contributed by atoms with van der Waals surface area (Å²) in [6.45, 7) is 0. The van der Waals surface area contributed by atoms with Gasteiger partial charge in [-0.05, 0) is 29.3 Å². The summed E-state index contributed by atoms with van der Waals surface area (Å²) in [4.78, 5) is 8.02. The van der Waals surface area contributed by atoms with Crippen LogP contribution in [0.4, 0.5) is 11.8 Å². The second-order valence-electron chi connectivity index (χ2n) is 5.11. The maximum Gasteiger partial charge on any atom is 0.222 e. The second kappa shape index (κ2) is 6.26. The Balaban J connectivity index is 2.10. The van der Waals surface area contributed by atoms with Crippen LogP contribution in [-0.2, 0) is 0 Å². The van der Waals surface area contributed by atoms with Gasteiger partial charge in [0.15, 0.2) is 0 Å². The van der Waals surface area contributed by atoms with Crippen LogP contribution in [0.1, 0.15) is 5.56 Å². The van der Waals surface area contributed by atoms with Crippen LogP contribution < -0.4 is 16.2 Å². The molecule has 0 amide bonds. The van der Waals surface area contributed by atoms with E-state index in [1.54, 1.807) is 7.11 Å². The number of hydrogen-bond donors (Lipinski definition) is 2. The van der Waals surface area contributed by atoms with E-state index in [0.29, 0.717) is 5.69 Å². The van der Waals surface area contributed by atoms with Gasteiger partial charge in [-0.25, -0.2) is 4.98 Å². The third-order valence-corrected chi connectivity index (χ3v) is 3.63. The Morgan fingerprint density at radius 1 is 0.958 bits per heavy atom. The first-order chi connectivity index (χ1) is 11.6. The van der Waals surface area contributed by atoms with Crippen LogP contribution in [0, 0.1) is 11.3 Å². The van der Waals surface area contributed by atoms with Crippen molar-refractivity contribution in [2.75, 3.05) is 18.6 Å². The number of ether oxygens (including phenoxy) is 1. The molecule has 0 fully saturated rings. The number of rotatable bonds is 3. The molecule has 6 nitrogen and oxygen atoms in total. The van der Waals surface area contributed by atoms with Gasteiger partial charge in [-0.3, -0.25) is 0 Å². The van der Waals surface area contributed by atoms with Gasteiger partial charge in [0.1, 0.15) is 23.2 Å². The zero-order valence-electron chi connectivity index (χ0n) is 13.0. The van der Waals surface area contributed by atoms with Crippen molar-refractivity contribution in [3.8, 4) is 34.2 Å². The molecule has 0 aliphatic rings. The van der Waals surface area contributed by atoms with Gasteiger partial charge >= 0.3 is 0 Å². The molecule has 3 rings (SSSR count). The quantitative estimate of drug-likeness (QED) is 0.768. The number of nitrogen functional groups attached to an aromatic ring is 2. The summed E-state index contributed by atoms with van der Waals surface area (Å²) in [5.74, 6) is 0.907. The Morgan fingerprint density at radius 3 is 2.33 bits per heavy atom. The van der Waals surface area contributed by atoms with E-state index in [-0.39, 0.29) is 17.3 Å². The molecule has 118 valence electrons. The predicted octanol–water partition coefficient (Wildman–Crippen LogP) is 2.86. The summed E-state index contributed by atoms with van der Waals surface area (Å²) < 4.78 is 5.17. The number of hydrogen-bond acceptors (Lipinski definition) is 6. The Hall–Kier alpha value is -3.59. The average Bonchev–Trinajstić information content (AvgIpc) is 2.61. The molecule has 1 heterocycles. The number of nitriles is 1. The van der Waals surface area contributed by atoms with Crippen LogP contribution in [0.3, 0.4) is 0 Å². The number of nitrogens with two attached hydrogens (primary N) is 2. The van der Waals surface area contributed by atoms with Crippen molar-refractivity contribution in [3.05, 3.63) is 54.1 Å². The minimum atomic E-state index is 0.0383. The molecular weight excluding hydrogens is 302 g/mol. The van der Waals surface area contributed by atoms with E-state index in [1.165, 1.54) is 0 Å². The number of aromatic nitrogens is 2. The van der Waals surface area contributed by atoms with E-state index in [9.17, 15) is 5.26 Å². The fraction of sp³-hybridized carbons (Fsp3) is 0.0556. The first kappa shape index (κ1) is 15.3. The van der Waals surface area contributed by atoms with Crippen LogP contribution in [0.15, 0.2) is 48.5 Å². The first-order valence-electron chi connectivity index (χ1n) is 7.20. The first-order valence-corrected chi connectivity index (χ1v) is 7.20. The van der Waals surface area contributed by atoms with E-state index >= 15 is 0 Å². The van der Waals surface area contributed by atoms with Gasteiger partial charge in [-0.15, -0.1) is 0 Å². The van der Waals surface area contributed by atoms with E-state index in [2.05, 4.69) is 9.97 Å². The van der Waals surface area contributed by atoms with Crippen molar-refractivity contribution in [2.24, 2.45) is 0 Å². The molecule has 0 saturated carbocycles. The van der Waals surface area contributed by atoms with Crippen LogP contribution >= 0.6 is 0 Å². The van der Waals surface area contributed by atoms with Crippen LogP contribution in [0.25, 0.3) is 22.4 Å². The summed E-state index contributed by atoms with van der Waals surface area (Å²) in [5.41, 5.74) is 14.9. The molecule has 0 aliphatic heterocycles. The van der Waals surface area contributed by atoms with E-state index in [0.717, 1.165) is 22.4 Å². The second-order valence-corrected chi connectivity index (χ2v) is 5.11. The number of nitrogens with zero attached hydrogens (tertiary/aromatic N) is 3. The van der Waals surface area contributed by atoms with Crippen molar-refractivity contribution in [1.82, 2.24) is 9.97 Å². The Morgan fingerprint density at radius 2 is 1.67 bits per heavy atom. The monoisotopic (exact) mass is 317 g/mol. The highest BCUT2D eigenvalue weighted by atomic mass is 16.5. The lowest BCUT2D eigenvalue weighted by molar-refractivity contribution is 0.415. The fourth-order valence-corrected chi connectivity index (χ4v) is 2.44. The molecule has 6 heteroatoms. The van der Waals surface area contributed by atoms with Gasteiger partial charge in [-0.2, -0.15) is 10.2 Å². The highest BCUT2D eigenvalue weighted by Gasteiger charge is 2.13. The lowest BCUT2D eigenvalue weighted by atomic mass is 10.00. The third-order valence-electron chi connectivity index (χ3n) is 3.63. The van der Waals surface area contributed by atoms with Crippen molar-refractivity contribution in [3.63, 3.8) is 0 Å². The molecule has 1 aromatic heterocycles. The number of benzene rings is 2. The molecule has 0 aliphatic carbocycles. The van der Waals surface area contributed by atoms with Gasteiger partial charge in [0, 0.05) is 5.56 Å². The van der Waals surface area contributed by atoms with Gasteiger partial charge in [-0.1, -0.05) is 30.3 Å². The summed E-state index contributed by atoms with van der Waals surface area (Å²) in [5, 5.41) is 9.33. The SMILES string of the molecule is COc1ccc(-c2cccc(-c3nc(N)nc(N)c3C#N)c2)cc1. The van der Waals surface area contributed by atoms with Crippen LogP contribution in [-0.4, -0.2) is 17.1 Å². The third kappa shape index (κ3) is 2.83. The van der Waals surface area contributed by atoms with Gasteiger partial charge in [0.25, 0.3) is 0 Å². The number of methoxy groups -OCH3 is 1. The van der Waals surface area contributed by atoms with Crippen molar-refractivity contribution >= 4 is 11.8 Å². The Kier molecular flexibility index (Phi) is 4.00. The van der Waals surface area contributed by atoms with Crippen LogP contribution in [0.5, 0.6) is 5.75 Å². The minimum absolute atomic E-state index is 0.0383. The summed E-state index contributed by atoms with van der Waals surface area (Å²) >= 11 is 0. The van der Waals surface area contributed by atoms with Gasteiger partial charge in [0.2, 0.25) is 5.95 Å². The highest BCUT2D eigenvalue weighted by molar-refractivity contribution is 5.77. The lowest BCUT2D eigenvalue weighted by Crippen LogP contribution is -2.04. The molecule has 0 spiro atoms. The molecule has 0 bridgehead atoms. The molecule has 0 radical (unpaired) electrons. The molecule has 2 aromatic carbocycles. The highest BCUT2D eigenvalue weighted by Crippen LogP contribution is 2.30. The lowest BCUT2D eigenvalue weighted by Gasteiger charge is -2.09. The van der Waals surface area contributed by atoms with E-state index < -0.39 is 0 Å². The Bertz CT molecular complexity index is 929. The van der Waals surface area contributed by atoms with Crippen molar-refractivity contribution < 1.29 is 4.74 Å². The van der Waals surface area contributed by atoms with Gasteiger partial charge < -0.3 is 16.2 Å². The zero-order chi connectivity index (χ0) is 17.1. The zero-order valence-corrected chi connectivity index (χ0v) is 13.0. The molecule has 24 heavy (non-hydrogen) atoms. The Labute approximate surface area is 139 Å².